The summed E-state index contributed by atoms with van der Waals surface area (Å²) in [6.45, 7) is 1.70. The summed E-state index contributed by atoms with van der Waals surface area (Å²) in [6, 6.07) is 6.66. The number of nitro benzene ring substituents is 1. The molecule has 0 fully saturated rings. The maximum Gasteiger partial charge on any atom is 0.291 e. The number of aryl methyl sites for hydroxylation is 1. The van der Waals surface area contributed by atoms with E-state index in [-0.39, 0.29) is 10.8 Å². The molecule has 0 amide bonds. The smallest absolute Gasteiger partial charge is 0.276 e. The number of hydrogen-bond donors (Lipinski definition) is 1. The molecule has 10 heteroatoms. The molecule has 1 aromatic carbocycles. The van der Waals surface area contributed by atoms with E-state index in [9.17, 15) is 18.5 Å². The van der Waals surface area contributed by atoms with Crippen molar-refractivity contribution < 1.29 is 13.3 Å². The Morgan fingerprint density at radius 3 is 2.59 bits per heavy atom. The van der Waals surface area contributed by atoms with Gasteiger partial charge in [-0.05, 0) is 31.2 Å². The second-order valence-corrected chi connectivity index (χ2v) is 7.19. The molecule has 1 N–H and O–H groups in total. The van der Waals surface area contributed by atoms with Crippen LogP contribution in [0.5, 0.6) is 0 Å². The van der Waals surface area contributed by atoms with E-state index >= 15 is 0 Å². The summed E-state index contributed by atoms with van der Waals surface area (Å²) in [6.07, 6.45) is 0. The van der Waals surface area contributed by atoms with Crippen LogP contribution in [0.3, 0.4) is 0 Å². The monoisotopic (exact) mass is 405 g/mol. The predicted octanol–water partition coefficient (Wildman–Crippen LogP) is 3.51. The predicted molar refractivity (Wildman–Crippen MR) is 85.6 cm³/mol. The molecule has 0 spiro atoms. The van der Waals surface area contributed by atoms with Crippen molar-refractivity contribution in [3.8, 4) is 0 Å². The topological polar surface area (TPSA) is 102 Å². The van der Waals surface area contributed by atoms with Crippen LogP contribution in [0, 0.1) is 17.0 Å². The minimum atomic E-state index is -4.18. The first kappa shape index (κ1) is 16.7. The molecule has 1 aromatic heterocycles. The second kappa shape index (κ2) is 6.19. The van der Waals surface area contributed by atoms with E-state index in [1.165, 1.54) is 12.1 Å². The molecule has 0 bridgehead atoms. The molecule has 0 saturated heterocycles. The molecule has 0 saturated carbocycles. The highest BCUT2D eigenvalue weighted by Crippen LogP contribution is 2.30. The van der Waals surface area contributed by atoms with Gasteiger partial charge in [-0.25, -0.2) is 13.4 Å². The van der Waals surface area contributed by atoms with Gasteiger partial charge in [0.05, 0.1) is 10.6 Å². The lowest BCUT2D eigenvalue weighted by Crippen LogP contribution is -2.15. The van der Waals surface area contributed by atoms with E-state index in [4.69, 9.17) is 11.6 Å². The first-order valence-corrected chi connectivity index (χ1v) is 8.46. The van der Waals surface area contributed by atoms with Crippen LogP contribution >= 0.6 is 27.5 Å². The number of benzene rings is 1. The molecule has 0 aliphatic carbocycles. The Labute approximate surface area is 139 Å². The fourth-order valence-electron chi connectivity index (χ4n) is 1.66. The van der Waals surface area contributed by atoms with E-state index < -0.39 is 25.5 Å². The number of pyridine rings is 1. The summed E-state index contributed by atoms with van der Waals surface area (Å²) in [4.78, 5) is 13.7. The zero-order chi connectivity index (χ0) is 16.5. The van der Waals surface area contributed by atoms with Crippen molar-refractivity contribution >= 4 is 48.9 Å². The third-order valence-corrected chi connectivity index (χ3v) is 4.83. The number of sulfonamides is 1. The lowest BCUT2D eigenvalue weighted by atomic mass is 10.3. The van der Waals surface area contributed by atoms with Gasteiger partial charge in [-0.15, -0.1) is 0 Å². The zero-order valence-corrected chi connectivity index (χ0v) is 14.2. The molecular weight excluding hydrogens is 398 g/mol. The number of rotatable bonds is 4. The molecule has 0 aliphatic rings. The second-order valence-electron chi connectivity index (χ2n) is 4.27. The Balaban J connectivity index is 2.49. The molecule has 2 aromatic rings. The van der Waals surface area contributed by atoms with E-state index in [0.717, 1.165) is 12.1 Å². The lowest BCUT2D eigenvalue weighted by molar-refractivity contribution is -0.387. The average Bonchev–Trinajstić information content (AvgIpc) is 2.41. The van der Waals surface area contributed by atoms with Crippen LogP contribution in [0.25, 0.3) is 0 Å². The van der Waals surface area contributed by atoms with Gasteiger partial charge in [-0.2, -0.15) is 0 Å². The number of hydrogen-bond acceptors (Lipinski definition) is 5. The molecule has 0 aliphatic heterocycles. The van der Waals surface area contributed by atoms with Crippen molar-refractivity contribution in [3.63, 3.8) is 0 Å². The van der Waals surface area contributed by atoms with Crippen molar-refractivity contribution in [2.24, 2.45) is 0 Å². The summed E-state index contributed by atoms with van der Waals surface area (Å²) in [5, 5.41) is 11.0. The summed E-state index contributed by atoms with van der Waals surface area (Å²) in [5.41, 5.74) is 0.116. The highest BCUT2D eigenvalue weighted by atomic mass is 79.9. The normalized spacial score (nSPS) is 11.2. The van der Waals surface area contributed by atoms with Crippen molar-refractivity contribution in [2.45, 2.75) is 11.8 Å². The van der Waals surface area contributed by atoms with Crippen LogP contribution in [0.4, 0.5) is 11.4 Å². The molecule has 0 unspecified atom stereocenters. The highest BCUT2D eigenvalue weighted by Gasteiger charge is 2.26. The number of aromatic nitrogens is 1. The van der Waals surface area contributed by atoms with Gasteiger partial charge in [0, 0.05) is 16.2 Å². The Hall–Kier alpha value is -1.71. The number of halogens is 2. The van der Waals surface area contributed by atoms with Gasteiger partial charge < -0.3 is 0 Å². The molecule has 2 rings (SSSR count). The summed E-state index contributed by atoms with van der Waals surface area (Å²) < 4.78 is 27.3. The van der Waals surface area contributed by atoms with Crippen molar-refractivity contribution in [1.82, 2.24) is 4.98 Å². The summed E-state index contributed by atoms with van der Waals surface area (Å²) >= 11 is 8.94. The lowest BCUT2D eigenvalue weighted by Gasteiger charge is -2.10. The number of anilines is 1. The van der Waals surface area contributed by atoms with Crippen LogP contribution in [-0.2, 0) is 10.0 Å². The van der Waals surface area contributed by atoms with Gasteiger partial charge in [0.1, 0.15) is 0 Å². The third-order valence-electron chi connectivity index (χ3n) is 2.64. The summed E-state index contributed by atoms with van der Waals surface area (Å²) in [5.74, 6) is 0. The Kier molecular flexibility index (Phi) is 4.69. The Morgan fingerprint density at radius 2 is 2.00 bits per heavy atom. The van der Waals surface area contributed by atoms with Gasteiger partial charge in [0.2, 0.25) is 0 Å². The Bertz CT molecular complexity index is 857. The molecule has 1 heterocycles. The highest BCUT2D eigenvalue weighted by molar-refractivity contribution is 9.10. The SMILES string of the molecule is Cc1ccc(NS(=O)(=O)c2ccc(Br)cc2[N+](=O)[O-])c(Cl)n1. The summed E-state index contributed by atoms with van der Waals surface area (Å²) in [7, 11) is -4.18. The van der Waals surface area contributed by atoms with Crippen LogP contribution < -0.4 is 4.72 Å². The van der Waals surface area contributed by atoms with Crippen molar-refractivity contribution in [3.05, 3.63) is 55.8 Å². The zero-order valence-electron chi connectivity index (χ0n) is 11.1. The van der Waals surface area contributed by atoms with E-state index in [1.54, 1.807) is 13.0 Å². The van der Waals surface area contributed by atoms with Gasteiger partial charge in [0.25, 0.3) is 15.7 Å². The maximum atomic E-state index is 12.4. The number of nitro groups is 1. The molecule has 116 valence electrons. The largest absolute Gasteiger partial charge is 0.291 e. The maximum absolute atomic E-state index is 12.4. The van der Waals surface area contributed by atoms with Crippen LogP contribution in [0.2, 0.25) is 5.15 Å². The van der Waals surface area contributed by atoms with E-state index in [1.807, 2.05) is 0 Å². The van der Waals surface area contributed by atoms with Gasteiger partial charge >= 0.3 is 0 Å². The Morgan fingerprint density at radius 1 is 1.32 bits per heavy atom. The van der Waals surface area contributed by atoms with Crippen molar-refractivity contribution in [1.29, 1.82) is 0 Å². The minimum Gasteiger partial charge on any atom is -0.276 e. The average molecular weight is 407 g/mol. The molecular formula is C12H9BrClN3O4S. The standard InChI is InChI=1S/C12H9BrClN3O4S/c1-7-2-4-9(12(14)15-7)16-22(20,21)11-5-3-8(13)6-10(11)17(18)19/h2-6,16H,1H3. The fourth-order valence-corrected chi connectivity index (χ4v) is 3.53. The third kappa shape index (κ3) is 3.54. The first-order chi connectivity index (χ1) is 10.2. The van der Waals surface area contributed by atoms with E-state index in [2.05, 4.69) is 25.6 Å². The molecule has 0 radical (unpaired) electrons. The number of nitrogens with zero attached hydrogens (tertiary/aromatic N) is 2. The quantitative estimate of drug-likeness (QED) is 0.475. The molecule has 7 nitrogen and oxygen atoms in total. The first-order valence-electron chi connectivity index (χ1n) is 5.80. The fraction of sp³-hybridized carbons (Fsp3) is 0.0833. The minimum absolute atomic E-state index is 0.0386. The molecule has 0 atom stereocenters. The van der Waals surface area contributed by atoms with Gasteiger partial charge in [-0.3, -0.25) is 14.8 Å². The van der Waals surface area contributed by atoms with Gasteiger partial charge in [-0.1, -0.05) is 27.5 Å². The van der Waals surface area contributed by atoms with Crippen LogP contribution in [0.1, 0.15) is 5.69 Å². The van der Waals surface area contributed by atoms with Crippen molar-refractivity contribution in [2.75, 3.05) is 4.72 Å². The van der Waals surface area contributed by atoms with E-state index in [0.29, 0.717) is 10.2 Å². The van der Waals surface area contributed by atoms with Crippen LogP contribution in [0.15, 0.2) is 39.7 Å². The van der Waals surface area contributed by atoms with Crippen LogP contribution in [-0.4, -0.2) is 18.3 Å². The number of nitrogens with one attached hydrogen (secondary N) is 1. The molecule has 22 heavy (non-hydrogen) atoms. The van der Waals surface area contributed by atoms with Gasteiger partial charge in [0.15, 0.2) is 10.0 Å².